The largest absolute Gasteiger partial charge is 0.311 e. The Kier molecular flexibility index (Phi) is 5.39. The molecule has 116 valence electrons. The minimum Gasteiger partial charge on any atom is -0.311 e. The van der Waals surface area contributed by atoms with Gasteiger partial charge >= 0.3 is 0 Å². The molecule has 1 N–H and O–H groups in total. The van der Waals surface area contributed by atoms with E-state index in [0.717, 1.165) is 23.9 Å². The highest BCUT2D eigenvalue weighted by molar-refractivity contribution is 9.10. The zero-order chi connectivity index (χ0) is 14.7. The smallest absolute Gasteiger partial charge is 0.0175 e. The quantitative estimate of drug-likeness (QED) is 0.724. The fourth-order valence-corrected chi connectivity index (χ4v) is 4.45. The van der Waals surface area contributed by atoms with Gasteiger partial charge in [-0.3, -0.25) is 0 Å². The Hall–Kier alpha value is -0.340. The van der Waals surface area contributed by atoms with E-state index in [1.807, 2.05) is 0 Å². The number of halogens is 1. The predicted molar refractivity (Wildman–Crippen MR) is 93.7 cm³/mol. The highest BCUT2D eigenvalue weighted by Crippen LogP contribution is 2.38. The number of benzene rings is 1. The highest BCUT2D eigenvalue weighted by atomic mass is 79.9. The van der Waals surface area contributed by atoms with Gasteiger partial charge in [0.25, 0.3) is 0 Å². The third-order valence-electron chi connectivity index (χ3n) is 5.59. The fraction of sp³-hybridized carbons (Fsp3) is 0.684. The minimum atomic E-state index is 0.755. The van der Waals surface area contributed by atoms with Crippen LogP contribution < -0.4 is 5.32 Å². The number of nitrogens with one attached hydrogen (secondary N) is 1. The van der Waals surface area contributed by atoms with E-state index in [1.165, 1.54) is 61.4 Å². The third kappa shape index (κ3) is 3.90. The summed E-state index contributed by atoms with van der Waals surface area (Å²) in [6.45, 7) is 2.36. The van der Waals surface area contributed by atoms with Crippen LogP contribution in [0.4, 0.5) is 0 Å². The van der Waals surface area contributed by atoms with Gasteiger partial charge in [0, 0.05) is 16.6 Å². The fourth-order valence-electron chi connectivity index (χ4n) is 4.19. The van der Waals surface area contributed by atoms with Crippen LogP contribution in [0.15, 0.2) is 28.7 Å². The molecule has 0 amide bonds. The second-order valence-corrected chi connectivity index (χ2v) is 7.91. The molecule has 2 aliphatic rings. The van der Waals surface area contributed by atoms with Crippen LogP contribution in [-0.2, 0) is 0 Å². The van der Waals surface area contributed by atoms with E-state index in [2.05, 4.69) is 52.4 Å². The molecule has 0 spiro atoms. The lowest BCUT2D eigenvalue weighted by Crippen LogP contribution is -2.48. The van der Waals surface area contributed by atoms with Gasteiger partial charge in [-0.05, 0) is 61.6 Å². The average Bonchev–Trinajstić information content (AvgIpc) is 2.49. The monoisotopic (exact) mass is 349 g/mol. The zero-order valence-corrected chi connectivity index (χ0v) is 14.7. The van der Waals surface area contributed by atoms with E-state index in [-0.39, 0.29) is 0 Å². The molecule has 0 aliphatic heterocycles. The van der Waals surface area contributed by atoms with Gasteiger partial charge in [-0.1, -0.05) is 54.2 Å². The number of rotatable bonds is 5. The Morgan fingerprint density at radius 3 is 2.38 bits per heavy atom. The van der Waals surface area contributed by atoms with E-state index < -0.39 is 0 Å². The Morgan fingerprint density at radius 1 is 1.10 bits per heavy atom. The normalized spacial score (nSPS) is 28.1. The summed E-state index contributed by atoms with van der Waals surface area (Å²) in [6.07, 6.45) is 11.2. The van der Waals surface area contributed by atoms with Gasteiger partial charge in [-0.25, -0.2) is 0 Å². The lowest BCUT2D eigenvalue weighted by molar-refractivity contribution is 0.197. The molecule has 2 aliphatic carbocycles. The first kappa shape index (κ1) is 15.6. The minimum absolute atomic E-state index is 0.755. The molecule has 0 bridgehead atoms. The van der Waals surface area contributed by atoms with Crippen LogP contribution in [0.25, 0.3) is 0 Å². The van der Waals surface area contributed by atoms with Crippen LogP contribution >= 0.6 is 15.9 Å². The summed E-state index contributed by atoms with van der Waals surface area (Å²) in [5.74, 6) is 1.72. The molecule has 2 saturated carbocycles. The summed E-state index contributed by atoms with van der Waals surface area (Å²) in [6, 6.07) is 10.4. The van der Waals surface area contributed by atoms with E-state index in [0.29, 0.717) is 0 Å². The van der Waals surface area contributed by atoms with E-state index in [4.69, 9.17) is 0 Å². The van der Waals surface area contributed by atoms with Crippen molar-refractivity contribution in [2.75, 3.05) is 0 Å². The van der Waals surface area contributed by atoms with Crippen molar-refractivity contribution < 1.29 is 0 Å². The average molecular weight is 350 g/mol. The first-order valence-corrected chi connectivity index (χ1v) is 9.57. The van der Waals surface area contributed by atoms with E-state index in [9.17, 15) is 0 Å². The predicted octanol–water partition coefficient (Wildman–Crippen LogP) is 5.64. The molecule has 2 heteroatoms. The molecule has 1 atom stereocenters. The summed E-state index contributed by atoms with van der Waals surface area (Å²) in [7, 11) is 0. The molecule has 1 aromatic carbocycles. The summed E-state index contributed by atoms with van der Waals surface area (Å²) in [5, 5.41) is 3.97. The van der Waals surface area contributed by atoms with Crippen molar-refractivity contribution in [3.63, 3.8) is 0 Å². The van der Waals surface area contributed by atoms with Gasteiger partial charge in [-0.15, -0.1) is 0 Å². The maximum atomic E-state index is 3.97. The van der Waals surface area contributed by atoms with Crippen molar-refractivity contribution in [3.05, 3.63) is 34.3 Å². The summed E-state index contributed by atoms with van der Waals surface area (Å²) in [4.78, 5) is 0. The maximum Gasteiger partial charge on any atom is 0.0175 e. The molecule has 2 fully saturated rings. The van der Waals surface area contributed by atoms with E-state index >= 15 is 0 Å². The van der Waals surface area contributed by atoms with Crippen molar-refractivity contribution in [2.45, 2.75) is 76.3 Å². The molecule has 1 aromatic rings. The Labute approximate surface area is 138 Å². The molecule has 0 radical (unpaired) electrons. The standard InChI is InChI=1S/C19H28BrN/c1-2-19(15-6-4-3-5-7-15)21-18-12-16(13-18)14-8-10-17(20)11-9-14/h8-11,15-16,18-19,21H,2-7,12-13H2,1H3. The van der Waals surface area contributed by atoms with Crippen LogP contribution in [0.3, 0.4) is 0 Å². The second kappa shape index (κ2) is 7.28. The van der Waals surface area contributed by atoms with E-state index in [1.54, 1.807) is 0 Å². The van der Waals surface area contributed by atoms with Gasteiger partial charge in [0.1, 0.15) is 0 Å². The highest BCUT2D eigenvalue weighted by Gasteiger charge is 2.33. The van der Waals surface area contributed by atoms with Crippen LogP contribution in [0.1, 0.15) is 69.8 Å². The Balaban J connectivity index is 1.48. The second-order valence-electron chi connectivity index (χ2n) is 7.00. The topological polar surface area (TPSA) is 12.0 Å². The molecular formula is C19H28BrN. The SMILES string of the molecule is CCC(NC1CC(c2ccc(Br)cc2)C1)C1CCCCC1. The van der Waals surface area contributed by atoms with Crippen molar-refractivity contribution in [1.29, 1.82) is 0 Å². The number of hydrogen-bond acceptors (Lipinski definition) is 1. The molecule has 1 unspecified atom stereocenters. The molecule has 3 rings (SSSR count). The Morgan fingerprint density at radius 2 is 1.76 bits per heavy atom. The number of hydrogen-bond donors (Lipinski definition) is 1. The summed E-state index contributed by atoms with van der Waals surface area (Å²) < 4.78 is 1.18. The molecule has 0 saturated heterocycles. The van der Waals surface area contributed by atoms with Crippen LogP contribution in [0.5, 0.6) is 0 Å². The Bertz CT molecular complexity index is 429. The molecule has 0 aromatic heterocycles. The third-order valence-corrected chi connectivity index (χ3v) is 6.12. The molecule has 0 heterocycles. The molecular weight excluding hydrogens is 322 g/mol. The first-order chi connectivity index (χ1) is 10.3. The van der Waals surface area contributed by atoms with Gasteiger partial charge in [0.15, 0.2) is 0 Å². The van der Waals surface area contributed by atoms with Crippen molar-refractivity contribution in [3.8, 4) is 0 Å². The van der Waals surface area contributed by atoms with Crippen molar-refractivity contribution in [2.24, 2.45) is 5.92 Å². The van der Waals surface area contributed by atoms with Crippen molar-refractivity contribution in [1.82, 2.24) is 5.32 Å². The molecule has 21 heavy (non-hydrogen) atoms. The van der Waals surface area contributed by atoms with Crippen LogP contribution in [0, 0.1) is 5.92 Å². The van der Waals surface area contributed by atoms with Gasteiger partial charge < -0.3 is 5.32 Å². The van der Waals surface area contributed by atoms with Crippen LogP contribution in [0.2, 0.25) is 0 Å². The lowest BCUT2D eigenvalue weighted by Gasteiger charge is -2.41. The first-order valence-electron chi connectivity index (χ1n) is 8.77. The van der Waals surface area contributed by atoms with Gasteiger partial charge in [0.2, 0.25) is 0 Å². The molecule has 1 nitrogen and oxygen atoms in total. The lowest BCUT2D eigenvalue weighted by atomic mass is 9.74. The van der Waals surface area contributed by atoms with Gasteiger partial charge in [0.05, 0.1) is 0 Å². The zero-order valence-electron chi connectivity index (χ0n) is 13.2. The van der Waals surface area contributed by atoms with Gasteiger partial charge in [-0.2, -0.15) is 0 Å². The van der Waals surface area contributed by atoms with Crippen molar-refractivity contribution >= 4 is 15.9 Å². The van der Waals surface area contributed by atoms with Crippen LogP contribution in [-0.4, -0.2) is 12.1 Å². The summed E-state index contributed by atoms with van der Waals surface area (Å²) in [5.41, 5.74) is 1.52. The maximum absolute atomic E-state index is 3.97. The summed E-state index contributed by atoms with van der Waals surface area (Å²) >= 11 is 3.52.